The fourth-order valence-corrected chi connectivity index (χ4v) is 4.12. The zero-order valence-corrected chi connectivity index (χ0v) is 22.1. The maximum Gasteiger partial charge on any atom is 0.253 e. The number of hydrogen-bond donors (Lipinski definition) is 2. The van der Waals surface area contributed by atoms with E-state index in [-0.39, 0.29) is 18.3 Å². The molecule has 6 nitrogen and oxygen atoms in total. The summed E-state index contributed by atoms with van der Waals surface area (Å²) in [6.45, 7) is 8.29. The second kappa shape index (κ2) is 13.8. The molecule has 198 valence electrons. The number of methoxy groups -OCH3 is 1. The van der Waals surface area contributed by atoms with E-state index in [0.717, 1.165) is 28.7 Å². The van der Waals surface area contributed by atoms with Crippen LogP contribution < -0.4 is 14.8 Å². The van der Waals surface area contributed by atoms with Crippen LogP contribution in [0.5, 0.6) is 11.5 Å². The van der Waals surface area contributed by atoms with Crippen molar-refractivity contribution in [2.24, 2.45) is 0 Å². The molecule has 0 heterocycles. The Bertz CT molecular complexity index is 1160. The first-order valence-corrected chi connectivity index (χ1v) is 12.7. The van der Waals surface area contributed by atoms with E-state index in [2.05, 4.69) is 5.32 Å². The van der Waals surface area contributed by atoms with Crippen molar-refractivity contribution in [2.45, 2.75) is 33.3 Å². The Kier molecular flexibility index (Phi) is 10.5. The van der Waals surface area contributed by atoms with Gasteiger partial charge in [-0.25, -0.2) is 4.39 Å². The van der Waals surface area contributed by atoms with Crippen LogP contribution in [0.15, 0.2) is 60.7 Å². The van der Waals surface area contributed by atoms with Crippen molar-refractivity contribution in [2.75, 3.05) is 39.9 Å². The smallest absolute Gasteiger partial charge is 0.253 e. The van der Waals surface area contributed by atoms with Crippen molar-refractivity contribution < 1.29 is 23.8 Å². The highest BCUT2D eigenvalue weighted by atomic mass is 19.1. The number of hydrogen-bond acceptors (Lipinski definition) is 5. The van der Waals surface area contributed by atoms with Gasteiger partial charge in [-0.1, -0.05) is 30.3 Å². The highest BCUT2D eigenvalue weighted by molar-refractivity contribution is 5.94. The van der Waals surface area contributed by atoms with E-state index < -0.39 is 6.10 Å². The van der Waals surface area contributed by atoms with Gasteiger partial charge in [0.1, 0.15) is 18.5 Å². The van der Waals surface area contributed by atoms with Crippen molar-refractivity contribution in [3.8, 4) is 22.6 Å². The van der Waals surface area contributed by atoms with Gasteiger partial charge in [0.2, 0.25) is 0 Å². The van der Waals surface area contributed by atoms with E-state index in [4.69, 9.17) is 9.47 Å². The molecule has 37 heavy (non-hydrogen) atoms. The minimum absolute atomic E-state index is 0.0576. The molecule has 3 aromatic carbocycles. The standard InChI is InChI=1S/C30H37FN2O4/c1-5-33(6-2)30(35)24-12-14-28(29(17-24)36-4)37-20-26(34)19-32-16-15-22-8-10-23(11-9-22)27-18-25(31)13-7-21(27)3/h7-14,17-18,26,32,34H,5-6,15-16,19-20H2,1-4H3. The molecule has 0 bridgehead atoms. The van der Waals surface area contributed by atoms with E-state index in [1.54, 1.807) is 35.2 Å². The van der Waals surface area contributed by atoms with Crippen LogP contribution in [0.2, 0.25) is 0 Å². The van der Waals surface area contributed by atoms with Gasteiger partial charge in [-0.15, -0.1) is 0 Å². The molecule has 0 aliphatic carbocycles. The number of aliphatic hydroxyl groups excluding tert-OH is 1. The van der Waals surface area contributed by atoms with E-state index in [1.165, 1.54) is 13.2 Å². The SMILES string of the molecule is CCN(CC)C(=O)c1ccc(OCC(O)CNCCc2ccc(-c3cc(F)ccc3C)cc2)c(OC)c1. The zero-order chi connectivity index (χ0) is 26.8. The average Bonchev–Trinajstić information content (AvgIpc) is 2.92. The molecule has 1 amide bonds. The maximum atomic E-state index is 13.6. The lowest BCUT2D eigenvalue weighted by Gasteiger charge is -2.20. The lowest BCUT2D eigenvalue weighted by atomic mass is 9.99. The number of nitrogens with one attached hydrogen (secondary N) is 1. The fourth-order valence-electron chi connectivity index (χ4n) is 4.12. The van der Waals surface area contributed by atoms with E-state index in [9.17, 15) is 14.3 Å². The van der Waals surface area contributed by atoms with Gasteiger partial charge < -0.3 is 24.8 Å². The second-order valence-corrected chi connectivity index (χ2v) is 8.92. The topological polar surface area (TPSA) is 71.0 Å². The molecule has 0 saturated heterocycles. The van der Waals surface area contributed by atoms with E-state index >= 15 is 0 Å². The number of carbonyl (C=O) groups is 1. The number of nitrogens with zero attached hydrogens (tertiary/aromatic N) is 1. The summed E-state index contributed by atoms with van der Waals surface area (Å²) in [5, 5.41) is 13.6. The van der Waals surface area contributed by atoms with Crippen LogP contribution in [0.4, 0.5) is 4.39 Å². The predicted octanol–water partition coefficient (Wildman–Crippen LogP) is 4.86. The number of carbonyl (C=O) groups excluding carboxylic acids is 1. The Hall–Kier alpha value is -3.42. The van der Waals surface area contributed by atoms with Crippen molar-refractivity contribution in [1.29, 1.82) is 0 Å². The molecule has 0 aliphatic heterocycles. The quantitative estimate of drug-likeness (QED) is 0.323. The number of aliphatic hydroxyl groups is 1. The lowest BCUT2D eigenvalue weighted by Crippen LogP contribution is -2.32. The minimum atomic E-state index is -0.708. The van der Waals surface area contributed by atoms with Gasteiger partial charge in [0.25, 0.3) is 5.91 Å². The summed E-state index contributed by atoms with van der Waals surface area (Å²) in [6, 6.07) is 18.0. The Morgan fingerprint density at radius 1 is 1.03 bits per heavy atom. The highest BCUT2D eigenvalue weighted by Gasteiger charge is 2.16. The van der Waals surface area contributed by atoms with Crippen molar-refractivity contribution in [3.63, 3.8) is 0 Å². The van der Waals surface area contributed by atoms with Crippen LogP contribution in [-0.4, -0.2) is 61.9 Å². The van der Waals surface area contributed by atoms with Gasteiger partial charge in [0.15, 0.2) is 11.5 Å². The summed E-state index contributed by atoms with van der Waals surface area (Å²) in [6.07, 6.45) is 0.0891. The van der Waals surface area contributed by atoms with Gasteiger partial charge >= 0.3 is 0 Å². The maximum absolute atomic E-state index is 13.6. The van der Waals surface area contributed by atoms with Crippen LogP contribution in [0, 0.1) is 12.7 Å². The molecule has 2 N–H and O–H groups in total. The molecule has 1 atom stereocenters. The molecule has 0 aromatic heterocycles. The van der Waals surface area contributed by atoms with E-state index in [0.29, 0.717) is 43.2 Å². The third kappa shape index (κ3) is 7.78. The summed E-state index contributed by atoms with van der Waals surface area (Å²) in [4.78, 5) is 14.3. The summed E-state index contributed by atoms with van der Waals surface area (Å²) in [5.74, 6) is 0.636. The molecule has 1 unspecified atom stereocenters. The number of rotatable bonds is 13. The van der Waals surface area contributed by atoms with Gasteiger partial charge in [0.05, 0.1) is 7.11 Å². The van der Waals surface area contributed by atoms with Gasteiger partial charge in [0, 0.05) is 25.2 Å². The Balaban J connectivity index is 1.44. The molecular formula is C30H37FN2O4. The number of amides is 1. The normalized spacial score (nSPS) is 11.7. The third-order valence-electron chi connectivity index (χ3n) is 6.33. The Labute approximate surface area is 219 Å². The van der Waals surface area contributed by atoms with Crippen molar-refractivity contribution in [3.05, 3.63) is 83.2 Å². The summed E-state index contributed by atoms with van der Waals surface area (Å²) < 4.78 is 24.8. The third-order valence-corrected chi connectivity index (χ3v) is 6.33. The monoisotopic (exact) mass is 508 g/mol. The Morgan fingerprint density at radius 2 is 1.76 bits per heavy atom. The minimum Gasteiger partial charge on any atom is -0.493 e. The molecule has 7 heteroatoms. The fraction of sp³-hybridized carbons (Fsp3) is 0.367. The van der Waals surface area contributed by atoms with Crippen molar-refractivity contribution in [1.82, 2.24) is 10.2 Å². The molecule has 0 aliphatic rings. The summed E-state index contributed by atoms with van der Waals surface area (Å²) in [7, 11) is 1.53. The second-order valence-electron chi connectivity index (χ2n) is 8.92. The number of benzene rings is 3. The molecule has 3 aromatic rings. The van der Waals surface area contributed by atoms with Crippen LogP contribution in [-0.2, 0) is 6.42 Å². The van der Waals surface area contributed by atoms with Crippen molar-refractivity contribution >= 4 is 5.91 Å². The molecule has 0 spiro atoms. The lowest BCUT2D eigenvalue weighted by molar-refractivity contribution is 0.0772. The first-order chi connectivity index (χ1) is 17.9. The number of halogens is 1. The summed E-state index contributed by atoms with van der Waals surface area (Å²) >= 11 is 0. The number of aryl methyl sites for hydroxylation is 1. The molecule has 0 radical (unpaired) electrons. The zero-order valence-electron chi connectivity index (χ0n) is 22.1. The average molecular weight is 509 g/mol. The molecular weight excluding hydrogens is 471 g/mol. The van der Waals surface area contributed by atoms with Crippen LogP contribution in [0.3, 0.4) is 0 Å². The highest BCUT2D eigenvalue weighted by Crippen LogP contribution is 2.29. The van der Waals surface area contributed by atoms with Crippen LogP contribution in [0.1, 0.15) is 35.3 Å². The first-order valence-electron chi connectivity index (χ1n) is 12.7. The van der Waals surface area contributed by atoms with E-state index in [1.807, 2.05) is 45.0 Å². The predicted molar refractivity (Wildman–Crippen MR) is 145 cm³/mol. The summed E-state index contributed by atoms with van der Waals surface area (Å²) in [5.41, 5.74) is 4.61. The van der Waals surface area contributed by atoms with Gasteiger partial charge in [-0.2, -0.15) is 0 Å². The molecule has 3 rings (SSSR count). The van der Waals surface area contributed by atoms with Crippen LogP contribution >= 0.6 is 0 Å². The molecule has 0 fully saturated rings. The van der Waals surface area contributed by atoms with Gasteiger partial charge in [-0.05, 0) is 86.3 Å². The Morgan fingerprint density at radius 3 is 2.43 bits per heavy atom. The van der Waals surface area contributed by atoms with Crippen LogP contribution in [0.25, 0.3) is 11.1 Å². The largest absolute Gasteiger partial charge is 0.493 e. The molecule has 0 saturated carbocycles. The van der Waals surface area contributed by atoms with Gasteiger partial charge in [-0.3, -0.25) is 4.79 Å². The number of ether oxygens (including phenoxy) is 2. The first kappa shape index (κ1) is 28.2.